The fourth-order valence-electron chi connectivity index (χ4n) is 2.48. The van der Waals surface area contributed by atoms with Crippen molar-refractivity contribution in [3.8, 4) is 11.5 Å². The Kier molecular flexibility index (Phi) is 5.43. The first kappa shape index (κ1) is 18.6. The standard InChI is InChI=1S/C19H15N5O4S/c25-16(22-20-10-12-6-7-14-15(8-12)28-11-27-14)9-17-23-24-19(29-17)21-18(26)13-4-2-1-3-5-13/h1-8,10H,9,11H2,(H,22,25)(H,21,24,26)/b20-10+. The Labute approximate surface area is 169 Å². The molecule has 0 unspecified atom stereocenters. The van der Waals surface area contributed by atoms with Gasteiger partial charge >= 0.3 is 0 Å². The highest BCUT2D eigenvalue weighted by Crippen LogP contribution is 2.31. The number of carbonyl (C=O) groups is 2. The molecule has 0 radical (unpaired) electrons. The normalized spacial score (nSPS) is 12.1. The first-order valence-electron chi connectivity index (χ1n) is 8.58. The monoisotopic (exact) mass is 409 g/mol. The predicted molar refractivity (Wildman–Crippen MR) is 106 cm³/mol. The maximum absolute atomic E-state index is 12.1. The van der Waals surface area contributed by atoms with Gasteiger partial charge in [0.25, 0.3) is 5.91 Å². The summed E-state index contributed by atoms with van der Waals surface area (Å²) in [5.74, 6) is 0.682. The summed E-state index contributed by atoms with van der Waals surface area (Å²) in [7, 11) is 0. The number of rotatable bonds is 6. The summed E-state index contributed by atoms with van der Waals surface area (Å²) in [4.78, 5) is 24.1. The molecule has 2 N–H and O–H groups in total. The second-order valence-corrected chi connectivity index (χ2v) is 6.97. The van der Waals surface area contributed by atoms with Crippen molar-refractivity contribution >= 4 is 34.5 Å². The molecule has 1 aliphatic rings. The number of fused-ring (bicyclic) bond motifs is 1. The summed E-state index contributed by atoms with van der Waals surface area (Å²) >= 11 is 1.13. The Bertz CT molecular complexity index is 1070. The number of hydrazone groups is 1. The molecular formula is C19H15N5O4S. The van der Waals surface area contributed by atoms with Gasteiger partial charge in [0, 0.05) is 5.56 Å². The number of benzene rings is 2. The predicted octanol–water partition coefficient (Wildman–Crippen LogP) is 2.21. The van der Waals surface area contributed by atoms with Gasteiger partial charge in [0.05, 0.1) is 12.6 Å². The van der Waals surface area contributed by atoms with E-state index in [1.165, 1.54) is 6.21 Å². The molecular weight excluding hydrogens is 394 g/mol. The van der Waals surface area contributed by atoms with Gasteiger partial charge in [-0.05, 0) is 35.9 Å². The van der Waals surface area contributed by atoms with Crippen molar-refractivity contribution in [1.82, 2.24) is 15.6 Å². The lowest BCUT2D eigenvalue weighted by Gasteiger charge is -2.00. The number of amides is 2. The first-order valence-corrected chi connectivity index (χ1v) is 9.39. The van der Waals surface area contributed by atoms with E-state index in [4.69, 9.17) is 9.47 Å². The minimum Gasteiger partial charge on any atom is -0.454 e. The highest BCUT2D eigenvalue weighted by Gasteiger charge is 2.13. The second kappa shape index (κ2) is 8.48. The Morgan fingerprint density at radius 3 is 2.79 bits per heavy atom. The van der Waals surface area contributed by atoms with Gasteiger partial charge in [-0.25, -0.2) is 5.43 Å². The van der Waals surface area contributed by atoms with Crippen LogP contribution in [0, 0.1) is 0 Å². The zero-order valence-corrected chi connectivity index (χ0v) is 15.8. The molecule has 146 valence electrons. The zero-order chi connectivity index (χ0) is 20.1. The van der Waals surface area contributed by atoms with Gasteiger partial charge in [0.2, 0.25) is 17.8 Å². The van der Waals surface area contributed by atoms with Gasteiger partial charge in [-0.2, -0.15) is 5.10 Å². The van der Waals surface area contributed by atoms with E-state index in [9.17, 15) is 9.59 Å². The summed E-state index contributed by atoms with van der Waals surface area (Å²) < 4.78 is 10.5. The van der Waals surface area contributed by atoms with Crippen molar-refractivity contribution < 1.29 is 19.1 Å². The van der Waals surface area contributed by atoms with Crippen molar-refractivity contribution in [1.29, 1.82) is 0 Å². The van der Waals surface area contributed by atoms with Crippen LogP contribution < -0.4 is 20.2 Å². The van der Waals surface area contributed by atoms with Crippen molar-refractivity contribution in [2.75, 3.05) is 12.1 Å². The average molecular weight is 409 g/mol. The summed E-state index contributed by atoms with van der Waals surface area (Å²) in [6, 6.07) is 14.1. The number of nitrogens with one attached hydrogen (secondary N) is 2. The van der Waals surface area contributed by atoms with Gasteiger partial charge in [0.1, 0.15) is 5.01 Å². The van der Waals surface area contributed by atoms with E-state index >= 15 is 0 Å². The fourth-order valence-corrected chi connectivity index (χ4v) is 3.22. The third-order valence-electron chi connectivity index (χ3n) is 3.83. The van der Waals surface area contributed by atoms with Crippen LogP contribution in [0.15, 0.2) is 53.6 Å². The maximum atomic E-state index is 12.1. The van der Waals surface area contributed by atoms with Crippen LogP contribution in [-0.4, -0.2) is 35.0 Å². The topological polar surface area (TPSA) is 115 Å². The first-order chi connectivity index (χ1) is 14.2. The van der Waals surface area contributed by atoms with E-state index < -0.39 is 0 Å². The van der Waals surface area contributed by atoms with Crippen LogP contribution in [-0.2, 0) is 11.2 Å². The molecule has 2 aromatic carbocycles. The van der Waals surface area contributed by atoms with Crippen LogP contribution in [0.3, 0.4) is 0 Å². The minimum atomic E-state index is -0.348. The van der Waals surface area contributed by atoms with Crippen LogP contribution in [0.4, 0.5) is 5.13 Å². The number of carbonyl (C=O) groups excluding carboxylic acids is 2. The van der Waals surface area contributed by atoms with Gasteiger partial charge in [-0.15, -0.1) is 10.2 Å². The zero-order valence-electron chi connectivity index (χ0n) is 15.0. The van der Waals surface area contributed by atoms with Crippen LogP contribution in [0.1, 0.15) is 20.9 Å². The van der Waals surface area contributed by atoms with E-state index in [-0.39, 0.29) is 25.0 Å². The molecule has 1 aliphatic heterocycles. The summed E-state index contributed by atoms with van der Waals surface area (Å²) in [5.41, 5.74) is 3.71. The van der Waals surface area contributed by atoms with E-state index in [2.05, 4.69) is 26.0 Å². The largest absolute Gasteiger partial charge is 0.454 e. The van der Waals surface area contributed by atoms with Crippen LogP contribution in [0.5, 0.6) is 11.5 Å². The lowest BCUT2D eigenvalue weighted by Crippen LogP contribution is -2.19. The number of anilines is 1. The van der Waals surface area contributed by atoms with Gasteiger partial charge in [0.15, 0.2) is 11.5 Å². The molecule has 0 saturated carbocycles. The number of nitrogens with zero attached hydrogens (tertiary/aromatic N) is 3. The van der Waals surface area contributed by atoms with Gasteiger partial charge in [-0.3, -0.25) is 14.9 Å². The number of ether oxygens (including phenoxy) is 2. The van der Waals surface area contributed by atoms with Gasteiger partial charge < -0.3 is 9.47 Å². The summed E-state index contributed by atoms with van der Waals surface area (Å²) in [5, 5.41) is 15.2. The lowest BCUT2D eigenvalue weighted by molar-refractivity contribution is -0.120. The van der Waals surface area contributed by atoms with Gasteiger partial charge in [-0.1, -0.05) is 29.5 Å². The van der Waals surface area contributed by atoms with Crippen LogP contribution in [0.2, 0.25) is 0 Å². The quantitative estimate of drug-likeness (QED) is 0.477. The molecule has 0 fully saturated rings. The molecule has 0 bridgehead atoms. The Balaban J connectivity index is 1.28. The maximum Gasteiger partial charge on any atom is 0.257 e. The summed E-state index contributed by atoms with van der Waals surface area (Å²) in [6.07, 6.45) is 1.50. The van der Waals surface area contributed by atoms with E-state index in [0.29, 0.717) is 27.2 Å². The number of hydrogen-bond donors (Lipinski definition) is 2. The van der Waals surface area contributed by atoms with Crippen LogP contribution in [0.25, 0.3) is 0 Å². The van der Waals surface area contributed by atoms with Crippen molar-refractivity contribution in [2.45, 2.75) is 6.42 Å². The molecule has 2 heterocycles. The van der Waals surface area contributed by atoms with Crippen molar-refractivity contribution in [3.05, 3.63) is 64.7 Å². The molecule has 1 aromatic heterocycles. The lowest BCUT2D eigenvalue weighted by atomic mass is 10.2. The molecule has 2 amide bonds. The van der Waals surface area contributed by atoms with E-state index in [1.54, 1.807) is 42.5 Å². The Hall–Kier alpha value is -3.79. The average Bonchev–Trinajstić information content (AvgIpc) is 3.37. The molecule has 3 aromatic rings. The minimum absolute atomic E-state index is 0.00263. The second-order valence-electron chi connectivity index (χ2n) is 5.90. The van der Waals surface area contributed by atoms with Crippen molar-refractivity contribution in [3.63, 3.8) is 0 Å². The van der Waals surface area contributed by atoms with Crippen LogP contribution >= 0.6 is 11.3 Å². The third kappa shape index (κ3) is 4.74. The molecule has 10 heteroatoms. The van der Waals surface area contributed by atoms with E-state index in [1.807, 2.05) is 6.07 Å². The smallest absolute Gasteiger partial charge is 0.257 e. The molecule has 0 aliphatic carbocycles. The third-order valence-corrected chi connectivity index (χ3v) is 4.67. The highest BCUT2D eigenvalue weighted by molar-refractivity contribution is 7.15. The highest BCUT2D eigenvalue weighted by atomic mass is 32.1. The number of aromatic nitrogens is 2. The molecule has 4 rings (SSSR count). The molecule has 0 atom stereocenters. The Morgan fingerprint density at radius 2 is 1.93 bits per heavy atom. The summed E-state index contributed by atoms with van der Waals surface area (Å²) in [6.45, 7) is 0.197. The van der Waals surface area contributed by atoms with E-state index in [0.717, 1.165) is 16.9 Å². The molecule has 0 spiro atoms. The van der Waals surface area contributed by atoms with Crippen molar-refractivity contribution in [2.24, 2.45) is 5.10 Å². The fraction of sp³-hybridized carbons (Fsp3) is 0.105. The SMILES string of the molecule is O=C(Cc1nnc(NC(=O)c2ccccc2)s1)N/N=C/c1ccc2c(c1)OCO2. The molecule has 9 nitrogen and oxygen atoms in total. The molecule has 0 saturated heterocycles. The number of hydrogen-bond acceptors (Lipinski definition) is 8. The Morgan fingerprint density at radius 1 is 1.10 bits per heavy atom. The molecule has 29 heavy (non-hydrogen) atoms.